The van der Waals surface area contributed by atoms with Crippen LogP contribution < -0.4 is 4.74 Å². The summed E-state index contributed by atoms with van der Waals surface area (Å²) in [7, 11) is 1.56. The second-order valence-electron chi connectivity index (χ2n) is 4.42. The largest absolute Gasteiger partial charge is 0.497 e. The summed E-state index contributed by atoms with van der Waals surface area (Å²) in [6.45, 7) is 0. The highest BCUT2D eigenvalue weighted by molar-refractivity contribution is 6.04. The van der Waals surface area contributed by atoms with E-state index < -0.39 is 0 Å². The highest BCUT2D eigenvalue weighted by Gasteiger charge is 2.15. The molecular formula is C16H12FNO2. The Labute approximate surface area is 115 Å². The van der Waals surface area contributed by atoms with Gasteiger partial charge in [-0.2, -0.15) is 0 Å². The van der Waals surface area contributed by atoms with Gasteiger partial charge in [-0.3, -0.25) is 4.79 Å². The standard InChI is InChI=1S/C16H12FNO2/c1-20-10-6-7-15-12(8-10)13(9-19)16(18-15)11-4-2-3-5-14(11)17/h2-9,18H,1H3. The molecule has 0 radical (unpaired) electrons. The lowest BCUT2D eigenvalue weighted by Crippen LogP contribution is -1.88. The maximum atomic E-state index is 13.9. The van der Waals surface area contributed by atoms with Crippen LogP contribution in [0, 0.1) is 5.82 Å². The Bertz CT molecular complexity index is 792. The van der Waals surface area contributed by atoms with Gasteiger partial charge >= 0.3 is 0 Å². The van der Waals surface area contributed by atoms with Crippen molar-refractivity contribution in [2.45, 2.75) is 0 Å². The molecule has 3 rings (SSSR count). The number of methoxy groups -OCH3 is 1. The number of rotatable bonds is 3. The van der Waals surface area contributed by atoms with Gasteiger partial charge in [0.2, 0.25) is 0 Å². The average molecular weight is 269 g/mol. The molecule has 0 unspecified atom stereocenters. The molecule has 0 aliphatic carbocycles. The summed E-state index contributed by atoms with van der Waals surface area (Å²) in [5, 5.41) is 0.720. The summed E-state index contributed by atoms with van der Waals surface area (Å²) in [5.74, 6) is 0.286. The SMILES string of the molecule is COc1ccc2[nH]c(-c3ccccc3F)c(C=O)c2c1. The summed E-state index contributed by atoms with van der Waals surface area (Å²) in [6, 6.07) is 11.7. The van der Waals surface area contributed by atoms with Gasteiger partial charge in [0.25, 0.3) is 0 Å². The molecule has 0 spiro atoms. The van der Waals surface area contributed by atoms with Crippen molar-refractivity contribution in [3.05, 3.63) is 53.8 Å². The minimum absolute atomic E-state index is 0.367. The zero-order valence-electron chi connectivity index (χ0n) is 10.8. The molecule has 3 nitrogen and oxygen atoms in total. The van der Waals surface area contributed by atoms with E-state index in [1.807, 2.05) is 6.07 Å². The van der Waals surface area contributed by atoms with Crippen LogP contribution in [-0.4, -0.2) is 18.4 Å². The first-order chi connectivity index (χ1) is 9.74. The predicted octanol–water partition coefficient (Wildman–Crippen LogP) is 3.80. The van der Waals surface area contributed by atoms with Crippen LogP contribution in [0.25, 0.3) is 22.2 Å². The molecule has 0 fully saturated rings. The first-order valence-electron chi connectivity index (χ1n) is 6.14. The number of aromatic amines is 1. The average Bonchev–Trinajstić information content (AvgIpc) is 2.84. The van der Waals surface area contributed by atoms with Crippen LogP contribution in [0.3, 0.4) is 0 Å². The number of hydrogen-bond donors (Lipinski definition) is 1. The minimum Gasteiger partial charge on any atom is -0.497 e. The summed E-state index contributed by atoms with van der Waals surface area (Å²) in [5.41, 5.74) is 2.07. The number of aldehydes is 1. The molecule has 1 N–H and O–H groups in total. The number of aromatic nitrogens is 1. The molecule has 3 aromatic rings. The van der Waals surface area contributed by atoms with Crippen LogP contribution >= 0.6 is 0 Å². The first-order valence-corrected chi connectivity index (χ1v) is 6.14. The fourth-order valence-electron chi connectivity index (χ4n) is 2.32. The highest BCUT2D eigenvalue weighted by atomic mass is 19.1. The lowest BCUT2D eigenvalue weighted by molar-refractivity contribution is 0.112. The van der Waals surface area contributed by atoms with Crippen LogP contribution in [0.5, 0.6) is 5.75 Å². The molecule has 20 heavy (non-hydrogen) atoms. The lowest BCUT2D eigenvalue weighted by Gasteiger charge is -2.01. The lowest BCUT2D eigenvalue weighted by atomic mass is 10.1. The molecule has 1 heterocycles. The van der Waals surface area contributed by atoms with Crippen molar-refractivity contribution in [2.24, 2.45) is 0 Å². The molecule has 0 atom stereocenters. The van der Waals surface area contributed by atoms with Gasteiger partial charge in [0.1, 0.15) is 11.6 Å². The highest BCUT2D eigenvalue weighted by Crippen LogP contribution is 2.32. The number of H-pyrrole nitrogens is 1. The topological polar surface area (TPSA) is 42.1 Å². The van der Waals surface area contributed by atoms with Crippen molar-refractivity contribution in [1.82, 2.24) is 4.98 Å². The Hall–Kier alpha value is -2.62. The monoisotopic (exact) mass is 269 g/mol. The number of ether oxygens (including phenoxy) is 1. The number of hydrogen-bond acceptors (Lipinski definition) is 2. The number of carbonyl (C=O) groups excluding carboxylic acids is 1. The smallest absolute Gasteiger partial charge is 0.152 e. The van der Waals surface area contributed by atoms with Gasteiger partial charge in [-0.25, -0.2) is 4.39 Å². The third-order valence-electron chi connectivity index (χ3n) is 3.31. The van der Waals surface area contributed by atoms with Crippen LogP contribution in [0.15, 0.2) is 42.5 Å². The normalized spacial score (nSPS) is 10.7. The van der Waals surface area contributed by atoms with Crippen molar-refractivity contribution < 1.29 is 13.9 Å². The van der Waals surface area contributed by atoms with Crippen molar-refractivity contribution in [3.63, 3.8) is 0 Å². The minimum atomic E-state index is -0.367. The van der Waals surface area contributed by atoms with E-state index >= 15 is 0 Å². The van der Waals surface area contributed by atoms with Crippen LogP contribution in [0.2, 0.25) is 0 Å². The van der Waals surface area contributed by atoms with Crippen molar-refractivity contribution in [3.8, 4) is 17.0 Å². The van der Waals surface area contributed by atoms with Crippen molar-refractivity contribution in [1.29, 1.82) is 0 Å². The van der Waals surface area contributed by atoms with Gasteiger partial charge < -0.3 is 9.72 Å². The third-order valence-corrected chi connectivity index (χ3v) is 3.31. The van der Waals surface area contributed by atoms with E-state index in [-0.39, 0.29) is 5.82 Å². The Balaban J connectivity index is 2.31. The van der Waals surface area contributed by atoms with E-state index in [0.717, 1.165) is 17.2 Å². The summed E-state index contributed by atoms with van der Waals surface area (Å²) in [6.07, 6.45) is 0.736. The zero-order valence-corrected chi connectivity index (χ0v) is 10.8. The summed E-state index contributed by atoms with van der Waals surface area (Å²) >= 11 is 0. The molecule has 0 saturated heterocycles. The Kier molecular flexibility index (Phi) is 2.99. The molecule has 100 valence electrons. The van der Waals surface area contributed by atoms with Gasteiger partial charge in [0.15, 0.2) is 6.29 Å². The van der Waals surface area contributed by atoms with Crippen LogP contribution in [0.4, 0.5) is 4.39 Å². The van der Waals surface area contributed by atoms with E-state index in [1.54, 1.807) is 37.4 Å². The second-order valence-corrected chi connectivity index (χ2v) is 4.42. The summed E-state index contributed by atoms with van der Waals surface area (Å²) in [4.78, 5) is 14.5. The molecule has 0 amide bonds. The van der Waals surface area contributed by atoms with Gasteiger partial charge in [0.05, 0.1) is 12.8 Å². The molecule has 1 aromatic heterocycles. The fraction of sp³-hybridized carbons (Fsp3) is 0.0625. The fourth-order valence-corrected chi connectivity index (χ4v) is 2.32. The quantitative estimate of drug-likeness (QED) is 0.735. The molecule has 0 saturated carbocycles. The number of fused-ring (bicyclic) bond motifs is 1. The molecule has 0 aliphatic heterocycles. The second kappa shape index (κ2) is 4.81. The van der Waals surface area contributed by atoms with Crippen LogP contribution in [-0.2, 0) is 0 Å². The Morgan fingerprint density at radius 2 is 2.00 bits per heavy atom. The van der Waals surface area contributed by atoms with E-state index in [4.69, 9.17) is 4.74 Å². The maximum absolute atomic E-state index is 13.9. The Morgan fingerprint density at radius 3 is 2.70 bits per heavy atom. The molecular weight excluding hydrogens is 257 g/mol. The number of halogens is 1. The van der Waals surface area contributed by atoms with Gasteiger partial charge in [-0.15, -0.1) is 0 Å². The zero-order chi connectivity index (χ0) is 14.1. The van der Waals surface area contributed by atoms with E-state index in [9.17, 15) is 9.18 Å². The summed E-state index contributed by atoms with van der Waals surface area (Å²) < 4.78 is 19.1. The van der Waals surface area contributed by atoms with Crippen molar-refractivity contribution in [2.75, 3.05) is 7.11 Å². The van der Waals surface area contributed by atoms with Gasteiger partial charge in [-0.1, -0.05) is 12.1 Å². The molecule has 0 aliphatic rings. The van der Waals surface area contributed by atoms with Crippen LogP contribution in [0.1, 0.15) is 10.4 Å². The molecule has 2 aromatic carbocycles. The first kappa shape index (κ1) is 12.4. The van der Waals surface area contributed by atoms with E-state index in [2.05, 4.69) is 4.98 Å². The third kappa shape index (κ3) is 1.86. The van der Waals surface area contributed by atoms with E-state index in [0.29, 0.717) is 22.6 Å². The Morgan fingerprint density at radius 1 is 1.20 bits per heavy atom. The number of benzene rings is 2. The van der Waals surface area contributed by atoms with Gasteiger partial charge in [0, 0.05) is 22.0 Å². The number of nitrogens with one attached hydrogen (secondary N) is 1. The predicted molar refractivity (Wildman–Crippen MR) is 75.6 cm³/mol. The maximum Gasteiger partial charge on any atom is 0.152 e. The van der Waals surface area contributed by atoms with E-state index in [1.165, 1.54) is 6.07 Å². The molecule has 0 bridgehead atoms. The number of carbonyl (C=O) groups is 1. The van der Waals surface area contributed by atoms with Gasteiger partial charge in [-0.05, 0) is 30.3 Å². The van der Waals surface area contributed by atoms with Crippen molar-refractivity contribution >= 4 is 17.2 Å². The molecule has 4 heteroatoms.